The van der Waals surface area contributed by atoms with Crippen molar-refractivity contribution in [3.8, 4) is 5.75 Å². The molecule has 0 saturated carbocycles. The van der Waals surface area contributed by atoms with Crippen LogP contribution in [0.25, 0.3) is 0 Å². The molecule has 0 spiro atoms. The van der Waals surface area contributed by atoms with Crippen molar-refractivity contribution >= 4 is 5.78 Å². The molecular formula is C14H18O4. The molecular weight excluding hydrogens is 232 g/mol. The Balaban J connectivity index is 2.10. The van der Waals surface area contributed by atoms with Crippen LogP contribution in [-0.2, 0) is 16.1 Å². The van der Waals surface area contributed by atoms with Crippen molar-refractivity contribution in [1.29, 1.82) is 0 Å². The van der Waals surface area contributed by atoms with E-state index in [4.69, 9.17) is 14.2 Å². The average Bonchev–Trinajstić information content (AvgIpc) is 2.29. The first kappa shape index (κ1) is 13.1. The van der Waals surface area contributed by atoms with Gasteiger partial charge in [0.25, 0.3) is 0 Å². The van der Waals surface area contributed by atoms with Crippen LogP contribution in [0, 0.1) is 0 Å². The van der Waals surface area contributed by atoms with Crippen molar-refractivity contribution in [1.82, 2.24) is 0 Å². The summed E-state index contributed by atoms with van der Waals surface area (Å²) >= 11 is 0. The van der Waals surface area contributed by atoms with Gasteiger partial charge in [-0.05, 0) is 32.0 Å². The summed E-state index contributed by atoms with van der Waals surface area (Å²) in [5.41, 5.74) is 1.60. The average molecular weight is 250 g/mol. The largest absolute Gasteiger partial charge is 0.494 e. The normalized spacial score (nSPS) is 15.2. The second-order valence-electron chi connectivity index (χ2n) is 4.28. The van der Waals surface area contributed by atoms with Crippen molar-refractivity contribution in [3.63, 3.8) is 0 Å². The van der Waals surface area contributed by atoms with E-state index in [1.807, 2.05) is 19.1 Å². The van der Waals surface area contributed by atoms with E-state index in [-0.39, 0.29) is 11.9 Å². The van der Waals surface area contributed by atoms with Crippen LogP contribution in [0.15, 0.2) is 18.2 Å². The monoisotopic (exact) mass is 250 g/mol. The highest BCUT2D eigenvalue weighted by Crippen LogP contribution is 2.23. The number of carbonyl (C=O) groups excluding carboxylic acids is 1. The number of hydrogen-bond donors (Lipinski definition) is 0. The topological polar surface area (TPSA) is 44.8 Å². The number of ether oxygens (including phenoxy) is 3. The molecule has 0 radical (unpaired) electrons. The van der Waals surface area contributed by atoms with E-state index in [1.165, 1.54) is 0 Å². The summed E-state index contributed by atoms with van der Waals surface area (Å²) in [4.78, 5) is 11.4. The van der Waals surface area contributed by atoms with Crippen molar-refractivity contribution in [2.24, 2.45) is 0 Å². The predicted octanol–water partition coefficient (Wildman–Crippen LogP) is 2.20. The maximum Gasteiger partial charge on any atom is 0.159 e. The molecule has 1 aromatic rings. The smallest absolute Gasteiger partial charge is 0.159 e. The molecule has 0 aliphatic carbocycles. The lowest BCUT2D eigenvalue weighted by Crippen LogP contribution is -2.35. The van der Waals surface area contributed by atoms with Crippen LogP contribution in [-0.4, -0.2) is 31.7 Å². The van der Waals surface area contributed by atoms with Gasteiger partial charge in [-0.25, -0.2) is 0 Å². The Bertz CT molecular complexity index is 424. The first-order chi connectivity index (χ1) is 8.70. The molecule has 1 saturated heterocycles. The Morgan fingerprint density at radius 2 is 2.22 bits per heavy atom. The Morgan fingerprint density at radius 3 is 2.78 bits per heavy atom. The molecule has 18 heavy (non-hydrogen) atoms. The highest BCUT2D eigenvalue weighted by Gasteiger charge is 2.19. The van der Waals surface area contributed by atoms with Crippen molar-refractivity contribution in [2.45, 2.75) is 26.6 Å². The maximum absolute atomic E-state index is 11.4. The molecule has 0 aromatic heterocycles. The Kier molecular flexibility index (Phi) is 4.33. The van der Waals surface area contributed by atoms with Gasteiger partial charge in [0.05, 0.1) is 26.4 Å². The molecule has 1 aliphatic rings. The number of ketones is 1. The van der Waals surface area contributed by atoms with E-state index in [1.54, 1.807) is 13.0 Å². The third kappa shape index (κ3) is 3.09. The van der Waals surface area contributed by atoms with Gasteiger partial charge in [0.15, 0.2) is 5.78 Å². The quantitative estimate of drug-likeness (QED) is 0.726. The summed E-state index contributed by atoms with van der Waals surface area (Å²) in [5.74, 6) is 0.828. The summed E-state index contributed by atoms with van der Waals surface area (Å²) in [7, 11) is 0. The summed E-state index contributed by atoms with van der Waals surface area (Å²) in [6, 6.07) is 5.45. The fraction of sp³-hybridized carbons (Fsp3) is 0.500. The lowest BCUT2D eigenvalue weighted by atomic mass is 10.1. The van der Waals surface area contributed by atoms with Gasteiger partial charge in [0, 0.05) is 11.1 Å². The van der Waals surface area contributed by atoms with Gasteiger partial charge in [0.1, 0.15) is 11.9 Å². The SMILES string of the molecule is CCOc1ccc(C(C)=O)cc1COC1COC1. The van der Waals surface area contributed by atoms with Gasteiger partial charge in [-0.1, -0.05) is 0 Å². The summed E-state index contributed by atoms with van der Waals surface area (Å²) in [6.45, 7) is 5.83. The van der Waals surface area contributed by atoms with Crippen LogP contribution in [0.1, 0.15) is 29.8 Å². The molecule has 1 heterocycles. The van der Waals surface area contributed by atoms with Crippen LogP contribution in [0.3, 0.4) is 0 Å². The first-order valence-corrected chi connectivity index (χ1v) is 6.16. The molecule has 0 atom stereocenters. The Morgan fingerprint density at radius 1 is 1.44 bits per heavy atom. The van der Waals surface area contributed by atoms with E-state index in [9.17, 15) is 4.79 Å². The predicted molar refractivity (Wildman–Crippen MR) is 67.0 cm³/mol. The zero-order valence-corrected chi connectivity index (χ0v) is 10.8. The van der Waals surface area contributed by atoms with Gasteiger partial charge in [-0.2, -0.15) is 0 Å². The van der Waals surface area contributed by atoms with Gasteiger partial charge in [0.2, 0.25) is 0 Å². The van der Waals surface area contributed by atoms with E-state index < -0.39 is 0 Å². The van der Waals surface area contributed by atoms with Gasteiger partial charge >= 0.3 is 0 Å². The highest BCUT2D eigenvalue weighted by atomic mass is 16.6. The molecule has 0 amide bonds. The minimum Gasteiger partial charge on any atom is -0.494 e. The fourth-order valence-corrected chi connectivity index (χ4v) is 1.73. The van der Waals surface area contributed by atoms with Crippen LogP contribution >= 0.6 is 0 Å². The number of Topliss-reactive ketones (excluding diaryl/α,β-unsaturated/α-hetero) is 1. The van der Waals surface area contributed by atoms with Crippen LogP contribution in [0.5, 0.6) is 5.75 Å². The Hall–Kier alpha value is -1.39. The van der Waals surface area contributed by atoms with Crippen LogP contribution in [0.4, 0.5) is 0 Å². The molecule has 1 aromatic carbocycles. The third-order valence-corrected chi connectivity index (χ3v) is 2.85. The van der Waals surface area contributed by atoms with Crippen molar-refractivity contribution in [2.75, 3.05) is 19.8 Å². The summed E-state index contributed by atoms with van der Waals surface area (Å²) in [6.07, 6.45) is 0.167. The second-order valence-corrected chi connectivity index (χ2v) is 4.28. The standard InChI is InChI=1S/C14H18O4/c1-3-17-14-5-4-11(10(2)15)6-12(14)7-18-13-8-16-9-13/h4-6,13H,3,7-9H2,1-2H3. The van der Waals surface area contributed by atoms with Crippen LogP contribution in [0.2, 0.25) is 0 Å². The van der Waals surface area contributed by atoms with E-state index in [0.717, 1.165) is 11.3 Å². The molecule has 0 unspecified atom stereocenters. The number of rotatable bonds is 6. The third-order valence-electron chi connectivity index (χ3n) is 2.85. The van der Waals surface area contributed by atoms with E-state index in [0.29, 0.717) is 32.0 Å². The minimum absolute atomic E-state index is 0.0475. The van der Waals surface area contributed by atoms with E-state index >= 15 is 0 Å². The lowest BCUT2D eigenvalue weighted by molar-refractivity contribution is -0.135. The molecule has 0 N–H and O–H groups in total. The lowest BCUT2D eigenvalue weighted by Gasteiger charge is -2.26. The number of hydrogen-bond acceptors (Lipinski definition) is 4. The molecule has 4 heteroatoms. The van der Waals surface area contributed by atoms with Gasteiger partial charge in [-0.3, -0.25) is 4.79 Å². The number of benzene rings is 1. The summed E-state index contributed by atoms with van der Waals surface area (Å²) < 4.78 is 16.3. The Labute approximate surface area is 107 Å². The molecule has 2 rings (SSSR count). The molecule has 98 valence electrons. The van der Waals surface area contributed by atoms with Crippen LogP contribution < -0.4 is 4.74 Å². The molecule has 1 fully saturated rings. The molecule has 4 nitrogen and oxygen atoms in total. The molecule has 0 bridgehead atoms. The highest BCUT2D eigenvalue weighted by molar-refractivity contribution is 5.94. The van der Waals surface area contributed by atoms with Crippen molar-refractivity contribution < 1.29 is 19.0 Å². The fourth-order valence-electron chi connectivity index (χ4n) is 1.73. The first-order valence-electron chi connectivity index (χ1n) is 6.16. The van der Waals surface area contributed by atoms with Gasteiger partial charge < -0.3 is 14.2 Å². The maximum atomic E-state index is 11.4. The zero-order valence-electron chi connectivity index (χ0n) is 10.8. The minimum atomic E-state index is 0.0475. The summed E-state index contributed by atoms with van der Waals surface area (Å²) in [5, 5.41) is 0. The zero-order chi connectivity index (χ0) is 13.0. The van der Waals surface area contributed by atoms with Gasteiger partial charge in [-0.15, -0.1) is 0 Å². The van der Waals surface area contributed by atoms with E-state index in [2.05, 4.69) is 0 Å². The second kappa shape index (κ2) is 5.98. The number of carbonyl (C=O) groups is 1. The van der Waals surface area contributed by atoms with Crippen molar-refractivity contribution in [3.05, 3.63) is 29.3 Å². The molecule has 1 aliphatic heterocycles.